The van der Waals surface area contributed by atoms with Gasteiger partial charge in [0, 0.05) is 24.8 Å². The molecule has 2 heterocycles. The first-order valence-electron chi connectivity index (χ1n) is 6.34. The standard InChI is InChI=1S/C14H17N3O/c1-2-17-11(7-8-16-17)9-15-13-10-18-14-6-4-3-5-12(13)14/h3-8,13,15H,2,9-10H2,1H3. The van der Waals surface area contributed by atoms with E-state index in [1.807, 2.05) is 23.0 Å². The smallest absolute Gasteiger partial charge is 0.124 e. The highest BCUT2D eigenvalue weighted by Gasteiger charge is 2.22. The van der Waals surface area contributed by atoms with Gasteiger partial charge in [0.2, 0.25) is 0 Å². The Balaban J connectivity index is 1.69. The molecular weight excluding hydrogens is 226 g/mol. The van der Waals surface area contributed by atoms with Gasteiger partial charge in [0.15, 0.2) is 0 Å². The Labute approximate surface area is 107 Å². The maximum absolute atomic E-state index is 5.65. The van der Waals surface area contributed by atoms with Crippen molar-refractivity contribution in [2.24, 2.45) is 0 Å². The minimum Gasteiger partial charge on any atom is -0.491 e. The van der Waals surface area contributed by atoms with Crippen LogP contribution in [-0.2, 0) is 13.1 Å². The van der Waals surface area contributed by atoms with Gasteiger partial charge in [-0.15, -0.1) is 0 Å². The first-order chi connectivity index (χ1) is 8.88. The van der Waals surface area contributed by atoms with Crippen molar-refractivity contribution in [1.29, 1.82) is 0 Å². The maximum Gasteiger partial charge on any atom is 0.124 e. The number of hydrogen-bond donors (Lipinski definition) is 1. The summed E-state index contributed by atoms with van der Waals surface area (Å²) >= 11 is 0. The average molecular weight is 243 g/mol. The molecule has 0 saturated carbocycles. The summed E-state index contributed by atoms with van der Waals surface area (Å²) in [6.45, 7) is 4.53. The summed E-state index contributed by atoms with van der Waals surface area (Å²) in [5.41, 5.74) is 2.46. The van der Waals surface area contributed by atoms with Gasteiger partial charge in [0.25, 0.3) is 0 Å². The number of rotatable bonds is 4. The predicted octanol–water partition coefficient (Wildman–Crippen LogP) is 2.13. The van der Waals surface area contributed by atoms with Gasteiger partial charge >= 0.3 is 0 Å². The van der Waals surface area contributed by atoms with Crippen LogP contribution in [0.5, 0.6) is 5.75 Å². The molecule has 3 rings (SSSR count). The van der Waals surface area contributed by atoms with Crippen molar-refractivity contribution in [2.75, 3.05) is 6.61 Å². The molecule has 94 valence electrons. The van der Waals surface area contributed by atoms with Crippen molar-refractivity contribution >= 4 is 0 Å². The fraction of sp³-hybridized carbons (Fsp3) is 0.357. The first kappa shape index (κ1) is 11.3. The van der Waals surface area contributed by atoms with E-state index in [-0.39, 0.29) is 6.04 Å². The van der Waals surface area contributed by atoms with E-state index in [1.54, 1.807) is 0 Å². The second kappa shape index (κ2) is 4.82. The Morgan fingerprint density at radius 1 is 1.39 bits per heavy atom. The molecule has 0 amide bonds. The van der Waals surface area contributed by atoms with Crippen molar-refractivity contribution in [3.8, 4) is 5.75 Å². The van der Waals surface area contributed by atoms with E-state index in [4.69, 9.17) is 4.74 Å². The third-order valence-corrected chi connectivity index (χ3v) is 3.33. The number of nitrogens with one attached hydrogen (secondary N) is 1. The van der Waals surface area contributed by atoms with Gasteiger partial charge in [-0.2, -0.15) is 5.10 Å². The summed E-state index contributed by atoms with van der Waals surface area (Å²) < 4.78 is 7.66. The highest BCUT2D eigenvalue weighted by atomic mass is 16.5. The van der Waals surface area contributed by atoms with Crippen molar-refractivity contribution in [3.63, 3.8) is 0 Å². The molecule has 1 unspecified atom stereocenters. The summed E-state index contributed by atoms with van der Waals surface area (Å²) in [4.78, 5) is 0. The molecule has 0 bridgehead atoms. The van der Waals surface area contributed by atoms with Crippen LogP contribution in [0.3, 0.4) is 0 Å². The van der Waals surface area contributed by atoms with E-state index >= 15 is 0 Å². The molecule has 0 fully saturated rings. The van der Waals surface area contributed by atoms with Crippen LogP contribution in [0.4, 0.5) is 0 Å². The number of hydrogen-bond acceptors (Lipinski definition) is 3. The van der Waals surface area contributed by atoms with Crippen LogP contribution in [-0.4, -0.2) is 16.4 Å². The van der Waals surface area contributed by atoms with E-state index in [0.29, 0.717) is 6.61 Å². The number of aryl methyl sites for hydroxylation is 1. The van der Waals surface area contributed by atoms with E-state index in [0.717, 1.165) is 18.8 Å². The minimum atomic E-state index is 0.279. The summed E-state index contributed by atoms with van der Waals surface area (Å²) in [7, 11) is 0. The van der Waals surface area contributed by atoms with Crippen molar-refractivity contribution in [1.82, 2.24) is 15.1 Å². The Hall–Kier alpha value is -1.81. The van der Waals surface area contributed by atoms with Crippen LogP contribution in [0.25, 0.3) is 0 Å². The van der Waals surface area contributed by atoms with Gasteiger partial charge in [-0.3, -0.25) is 4.68 Å². The van der Waals surface area contributed by atoms with Crippen molar-refractivity contribution in [2.45, 2.75) is 26.1 Å². The van der Waals surface area contributed by atoms with Crippen LogP contribution in [0.1, 0.15) is 24.2 Å². The molecule has 0 radical (unpaired) electrons. The highest BCUT2D eigenvalue weighted by Crippen LogP contribution is 2.31. The molecule has 2 aromatic rings. The predicted molar refractivity (Wildman–Crippen MR) is 69.4 cm³/mol. The Morgan fingerprint density at radius 2 is 2.28 bits per heavy atom. The first-order valence-corrected chi connectivity index (χ1v) is 6.34. The van der Waals surface area contributed by atoms with Gasteiger partial charge in [-0.1, -0.05) is 18.2 Å². The molecule has 1 aromatic carbocycles. The molecule has 1 atom stereocenters. The highest BCUT2D eigenvalue weighted by molar-refractivity contribution is 5.39. The Kier molecular flexibility index (Phi) is 3.02. The topological polar surface area (TPSA) is 39.1 Å². The van der Waals surface area contributed by atoms with Crippen molar-refractivity contribution < 1.29 is 4.74 Å². The number of fused-ring (bicyclic) bond motifs is 1. The number of aromatic nitrogens is 2. The zero-order valence-electron chi connectivity index (χ0n) is 10.5. The molecule has 0 spiro atoms. The molecular formula is C14H17N3O. The molecule has 0 saturated heterocycles. The van der Waals surface area contributed by atoms with Gasteiger partial charge < -0.3 is 10.1 Å². The normalized spacial score (nSPS) is 17.5. The van der Waals surface area contributed by atoms with Crippen LogP contribution < -0.4 is 10.1 Å². The monoisotopic (exact) mass is 243 g/mol. The lowest BCUT2D eigenvalue weighted by molar-refractivity contribution is 0.309. The van der Waals surface area contributed by atoms with Crippen LogP contribution in [0.15, 0.2) is 36.5 Å². The lowest BCUT2D eigenvalue weighted by Crippen LogP contribution is -2.23. The zero-order chi connectivity index (χ0) is 12.4. The van der Waals surface area contributed by atoms with Gasteiger partial charge in [-0.05, 0) is 19.1 Å². The van der Waals surface area contributed by atoms with E-state index in [1.165, 1.54) is 11.3 Å². The van der Waals surface area contributed by atoms with Crippen LogP contribution >= 0.6 is 0 Å². The van der Waals surface area contributed by atoms with Crippen molar-refractivity contribution in [3.05, 3.63) is 47.8 Å². The summed E-state index contributed by atoms with van der Waals surface area (Å²) in [6, 6.07) is 10.5. The summed E-state index contributed by atoms with van der Waals surface area (Å²) in [5, 5.41) is 7.80. The van der Waals surface area contributed by atoms with Crippen LogP contribution in [0, 0.1) is 0 Å². The average Bonchev–Trinajstić information content (AvgIpc) is 3.02. The third-order valence-electron chi connectivity index (χ3n) is 3.33. The van der Waals surface area contributed by atoms with E-state index < -0.39 is 0 Å². The molecule has 18 heavy (non-hydrogen) atoms. The van der Waals surface area contributed by atoms with E-state index in [2.05, 4.69) is 35.5 Å². The fourth-order valence-electron chi connectivity index (χ4n) is 2.35. The molecule has 4 nitrogen and oxygen atoms in total. The van der Waals surface area contributed by atoms with Gasteiger partial charge in [0.1, 0.15) is 12.4 Å². The van der Waals surface area contributed by atoms with E-state index in [9.17, 15) is 0 Å². The number of nitrogens with zero attached hydrogens (tertiary/aromatic N) is 2. The lowest BCUT2D eigenvalue weighted by atomic mass is 10.1. The number of benzene rings is 1. The molecule has 1 aliphatic rings. The zero-order valence-corrected chi connectivity index (χ0v) is 10.5. The lowest BCUT2D eigenvalue weighted by Gasteiger charge is -2.12. The molecule has 1 aromatic heterocycles. The Bertz CT molecular complexity index is 535. The quantitative estimate of drug-likeness (QED) is 0.894. The molecule has 1 N–H and O–H groups in total. The van der Waals surface area contributed by atoms with Crippen LogP contribution in [0.2, 0.25) is 0 Å². The maximum atomic E-state index is 5.65. The second-order valence-electron chi connectivity index (χ2n) is 4.42. The molecule has 0 aliphatic carbocycles. The number of ether oxygens (including phenoxy) is 1. The largest absolute Gasteiger partial charge is 0.491 e. The Morgan fingerprint density at radius 3 is 3.17 bits per heavy atom. The third kappa shape index (κ3) is 1.99. The minimum absolute atomic E-state index is 0.279. The SMILES string of the molecule is CCn1nccc1CNC1COc2ccccc21. The van der Waals surface area contributed by atoms with Gasteiger partial charge in [0.05, 0.1) is 11.7 Å². The summed E-state index contributed by atoms with van der Waals surface area (Å²) in [6.07, 6.45) is 1.85. The second-order valence-corrected chi connectivity index (χ2v) is 4.42. The summed E-state index contributed by atoms with van der Waals surface area (Å²) in [5.74, 6) is 0.999. The number of para-hydroxylation sites is 1. The van der Waals surface area contributed by atoms with Gasteiger partial charge in [-0.25, -0.2) is 0 Å². The molecule has 4 heteroatoms. The molecule has 1 aliphatic heterocycles. The fourth-order valence-corrected chi connectivity index (χ4v) is 2.35.